The van der Waals surface area contributed by atoms with E-state index in [4.69, 9.17) is 14.2 Å². The maximum absolute atomic E-state index is 5.83. The molecule has 1 atom stereocenters. The van der Waals surface area contributed by atoms with Gasteiger partial charge in [-0.25, -0.2) is 9.97 Å². The van der Waals surface area contributed by atoms with Gasteiger partial charge >= 0.3 is 0 Å². The van der Waals surface area contributed by atoms with E-state index in [2.05, 4.69) is 21.4 Å². The van der Waals surface area contributed by atoms with Crippen LogP contribution in [0.4, 0.5) is 5.82 Å². The van der Waals surface area contributed by atoms with E-state index in [0.29, 0.717) is 18.4 Å². The van der Waals surface area contributed by atoms with E-state index >= 15 is 0 Å². The second kappa shape index (κ2) is 6.51. The van der Waals surface area contributed by atoms with Crippen LogP contribution >= 0.6 is 0 Å². The molecule has 0 radical (unpaired) electrons. The van der Waals surface area contributed by atoms with Crippen LogP contribution in [0, 0.1) is 5.92 Å². The average Bonchev–Trinajstić information content (AvgIpc) is 2.59. The van der Waals surface area contributed by atoms with E-state index in [1.807, 2.05) is 12.1 Å². The van der Waals surface area contributed by atoms with Gasteiger partial charge in [-0.1, -0.05) is 6.07 Å². The molecular formula is C16H19N3O3. The van der Waals surface area contributed by atoms with Gasteiger partial charge in [0.15, 0.2) is 0 Å². The van der Waals surface area contributed by atoms with Crippen molar-refractivity contribution in [3.8, 4) is 17.4 Å². The molecule has 1 aromatic carbocycles. The number of hydrogen-bond donors (Lipinski definition) is 1. The lowest BCUT2D eigenvalue weighted by Crippen LogP contribution is -2.27. The van der Waals surface area contributed by atoms with E-state index in [9.17, 15) is 0 Å². The minimum absolute atomic E-state index is 0.391. The molecule has 3 rings (SSSR count). The lowest BCUT2D eigenvalue weighted by Gasteiger charge is -2.26. The Morgan fingerprint density at radius 2 is 2.14 bits per heavy atom. The van der Waals surface area contributed by atoms with Gasteiger partial charge < -0.3 is 19.5 Å². The van der Waals surface area contributed by atoms with Crippen LogP contribution in [-0.4, -0.2) is 37.3 Å². The monoisotopic (exact) mass is 301 g/mol. The minimum atomic E-state index is 0.391. The van der Waals surface area contributed by atoms with Gasteiger partial charge in [-0.3, -0.25) is 0 Å². The molecule has 0 fully saturated rings. The first-order valence-corrected chi connectivity index (χ1v) is 7.18. The number of ether oxygens (including phenoxy) is 3. The normalized spacial score (nSPS) is 16.4. The number of nitrogens with zero attached hydrogens (tertiary/aromatic N) is 2. The molecule has 0 saturated carbocycles. The maximum atomic E-state index is 5.83. The Morgan fingerprint density at radius 1 is 1.23 bits per heavy atom. The highest BCUT2D eigenvalue weighted by Gasteiger charge is 2.20. The molecule has 116 valence electrons. The van der Waals surface area contributed by atoms with Gasteiger partial charge in [-0.05, 0) is 18.1 Å². The molecule has 22 heavy (non-hydrogen) atoms. The highest BCUT2D eigenvalue weighted by molar-refractivity contribution is 5.42. The van der Waals surface area contributed by atoms with Gasteiger partial charge in [0.05, 0.1) is 20.8 Å². The number of fused-ring (bicyclic) bond motifs is 1. The fraction of sp³-hybridized carbons (Fsp3) is 0.375. The van der Waals surface area contributed by atoms with Crippen molar-refractivity contribution < 1.29 is 14.2 Å². The van der Waals surface area contributed by atoms with Gasteiger partial charge in [0.2, 0.25) is 5.88 Å². The largest absolute Gasteiger partial charge is 0.497 e. The molecule has 0 bridgehead atoms. The van der Waals surface area contributed by atoms with Crippen molar-refractivity contribution in [1.29, 1.82) is 0 Å². The Morgan fingerprint density at radius 3 is 2.95 bits per heavy atom. The molecule has 1 aliphatic heterocycles. The summed E-state index contributed by atoms with van der Waals surface area (Å²) in [4.78, 5) is 8.17. The zero-order valence-electron chi connectivity index (χ0n) is 12.7. The smallest absolute Gasteiger partial charge is 0.218 e. The molecule has 1 unspecified atom stereocenters. The predicted molar refractivity (Wildman–Crippen MR) is 82.8 cm³/mol. The first-order valence-electron chi connectivity index (χ1n) is 7.18. The van der Waals surface area contributed by atoms with Crippen molar-refractivity contribution in [2.45, 2.75) is 6.42 Å². The summed E-state index contributed by atoms with van der Waals surface area (Å²) in [6, 6.07) is 7.75. The van der Waals surface area contributed by atoms with Crippen LogP contribution in [0.3, 0.4) is 0 Å². The lowest BCUT2D eigenvalue weighted by molar-refractivity contribution is 0.228. The topological polar surface area (TPSA) is 65.5 Å². The van der Waals surface area contributed by atoms with Gasteiger partial charge in [-0.2, -0.15) is 0 Å². The second-order valence-corrected chi connectivity index (χ2v) is 5.18. The van der Waals surface area contributed by atoms with Crippen molar-refractivity contribution >= 4 is 5.82 Å². The minimum Gasteiger partial charge on any atom is -0.497 e. The van der Waals surface area contributed by atoms with Crippen LogP contribution in [0.25, 0.3) is 0 Å². The van der Waals surface area contributed by atoms with Crippen molar-refractivity contribution in [3.63, 3.8) is 0 Å². The molecule has 0 aliphatic carbocycles. The zero-order chi connectivity index (χ0) is 15.4. The fourth-order valence-corrected chi connectivity index (χ4v) is 2.47. The van der Waals surface area contributed by atoms with Crippen LogP contribution in [-0.2, 0) is 6.42 Å². The van der Waals surface area contributed by atoms with Gasteiger partial charge in [-0.15, -0.1) is 0 Å². The number of anilines is 1. The molecular weight excluding hydrogens is 282 g/mol. The Bertz CT molecular complexity index is 648. The predicted octanol–water partition coefficient (Wildman–Crippen LogP) is 2.16. The van der Waals surface area contributed by atoms with E-state index in [0.717, 1.165) is 30.3 Å². The Labute approximate surface area is 129 Å². The van der Waals surface area contributed by atoms with Crippen LogP contribution in [0.2, 0.25) is 0 Å². The van der Waals surface area contributed by atoms with Gasteiger partial charge in [0, 0.05) is 24.6 Å². The number of rotatable bonds is 5. The van der Waals surface area contributed by atoms with Crippen molar-refractivity contribution in [2.24, 2.45) is 5.92 Å². The third kappa shape index (κ3) is 3.21. The van der Waals surface area contributed by atoms with Crippen LogP contribution < -0.4 is 19.5 Å². The summed E-state index contributed by atoms with van der Waals surface area (Å²) < 4.78 is 16.1. The van der Waals surface area contributed by atoms with E-state index < -0.39 is 0 Å². The van der Waals surface area contributed by atoms with E-state index in [1.54, 1.807) is 20.3 Å². The zero-order valence-corrected chi connectivity index (χ0v) is 12.7. The summed E-state index contributed by atoms with van der Waals surface area (Å²) >= 11 is 0. The molecule has 2 aromatic rings. The fourth-order valence-electron chi connectivity index (χ4n) is 2.47. The molecule has 2 heterocycles. The van der Waals surface area contributed by atoms with E-state index in [-0.39, 0.29) is 0 Å². The number of nitrogens with one attached hydrogen (secondary N) is 1. The summed E-state index contributed by atoms with van der Waals surface area (Å²) in [5.74, 6) is 3.44. The summed E-state index contributed by atoms with van der Waals surface area (Å²) in [7, 11) is 3.25. The molecule has 1 N–H and O–H groups in total. The number of methoxy groups -OCH3 is 2. The van der Waals surface area contributed by atoms with Crippen molar-refractivity contribution in [1.82, 2.24) is 9.97 Å². The quantitative estimate of drug-likeness (QED) is 0.913. The Kier molecular flexibility index (Phi) is 4.27. The van der Waals surface area contributed by atoms with Crippen LogP contribution in [0.15, 0.2) is 30.6 Å². The summed E-state index contributed by atoms with van der Waals surface area (Å²) in [6.07, 6.45) is 2.45. The van der Waals surface area contributed by atoms with Gasteiger partial charge in [0.25, 0.3) is 0 Å². The Balaban J connectivity index is 1.60. The van der Waals surface area contributed by atoms with Crippen molar-refractivity contribution in [3.05, 3.63) is 36.2 Å². The molecule has 1 aromatic heterocycles. The first-order chi connectivity index (χ1) is 10.8. The summed E-state index contributed by atoms with van der Waals surface area (Å²) in [5.41, 5.74) is 1.21. The first kappa shape index (κ1) is 14.4. The standard InChI is InChI=1S/C16H19N3O3/c1-20-13-4-3-12-5-11(9-22-14(12)6-13)8-17-15-7-16(21-2)19-10-18-15/h3-4,6-7,10-11H,5,8-9H2,1-2H3,(H,17,18,19). The lowest BCUT2D eigenvalue weighted by atomic mass is 9.96. The molecule has 0 amide bonds. The third-order valence-electron chi connectivity index (χ3n) is 3.68. The number of hydrogen-bond acceptors (Lipinski definition) is 6. The van der Waals surface area contributed by atoms with Crippen LogP contribution in [0.1, 0.15) is 5.56 Å². The van der Waals surface area contributed by atoms with Gasteiger partial charge in [0.1, 0.15) is 23.6 Å². The summed E-state index contributed by atoms with van der Waals surface area (Å²) in [6.45, 7) is 1.46. The molecule has 0 saturated heterocycles. The molecule has 0 spiro atoms. The van der Waals surface area contributed by atoms with Crippen molar-refractivity contribution in [2.75, 3.05) is 32.7 Å². The highest BCUT2D eigenvalue weighted by Crippen LogP contribution is 2.31. The number of aromatic nitrogens is 2. The molecule has 6 heteroatoms. The summed E-state index contributed by atoms with van der Waals surface area (Å²) in [5, 5.41) is 3.31. The highest BCUT2D eigenvalue weighted by atomic mass is 16.5. The molecule has 6 nitrogen and oxygen atoms in total. The van der Waals surface area contributed by atoms with E-state index in [1.165, 1.54) is 11.9 Å². The Hall–Kier alpha value is -2.50. The second-order valence-electron chi connectivity index (χ2n) is 5.18. The number of benzene rings is 1. The SMILES string of the molecule is COc1ccc2c(c1)OCC(CNc1cc(OC)ncn1)C2. The third-order valence-corrected chi connectivity index (χ3v) is 3.68. The maximum Gasteiger partial charge on any atom is 0.218 e. The molecule has 1 aliphatic rings. The average molecular weight is 301 g/mol. The van der Waals surface area contributed by atoms with Crippen LogP contribution in [0.5, 0.6) is 17.4 Å².